The van der Waals surface area contributed by atoms with Crippen LogP contribution in [-0.4, -0.2) is 5.91 Å². The van der Waals surface area contributed by atoms with E-state index in [1.54, 1.807) is 11.3 Å². The van der Waals surface area contributed by atoms with Crippen molar-refractivity contribution in [2.24, 2.45) is 0 Å². The molecule has 19 heavy (non-hydrogen) atoms. The summed E-state index contributed by atoms with van der Waals surface area (Å²) in [7, 11) is 0. The van der Waals surface area contributed by atoms with Crippen molar-refractivity contribution in [3.8, 4) is 0 Å². The molecule has 0 aliphatic carbocycles. The molecule has 0 saturated carbocycles. The van der Waals surface area contributed by atoms with Crippen LogP contribution in [0.2, 0.25) is 0 Å². The third-order valence-electron chi connectivity index (χ3n) is 2.56. The maximum absolute atomic E-state index is 11.0. The molecular formula is C14H15BrN2OS. The van der Waals surface area contributed by atoms with E-state index in [2.05, 4.69) is 39.6 Å². The Bertz CT molecular complexity index is 575. The Hall–Kier alpha value is -1.33. The minimum Gasteiger partial charge on any atom is -0.380 e. The standard InChI is InChI=1S/C14H15BrN2OS/c1-9-14(15)7-13(19-9)8-16-11-4-3-5-12(6-11)17-10(2)18/h3-7,16H,8H2,1-2H3,(H,17,18). The first-order chi connectivity index (χ1) is 9.04. The molecule has 0 fully saturated rings. The smallest absolute Gasteiger partial charge is 0.221 e. The van der Waals surface area contributed by atoms with Gasteiger partial charge < -0.3 is 10.6 Å². The van der Waals surface area contributed by atoms with E-state index in [1.807, 2.05) is 24.3 Å². The first-order valence-electron chi connectivity index (χ1n) is 5.91. The Kier molecular flexibility index (Phi) is 4.61. The lowest BCUT2D eigenvalue weighted by atomic mass is 10.2. The molecule has 0 aliphatic rings. The summed E-state index contributed by atoms with van der Waals surface area (Å²) in [5, 5.41) is 6.13. The predicted molar refractivity (Wildman–Crippen MR) is 84.8 cm³/mol. The highest BCUT2D eigenvalue weighted by Gasteiger charge is 2.03. The van der Waals surface area contributed by atoms with Crippen LogP contribution < -0.4 is 10.6 Å². The lowest BCUT2D eigenvalue weighted by Gasteiger charge is -2.07. The highest BCUT2D eigenvalue weighted by molar-refractivity contribution is 9.10. The van der Waals surface area contributed by atoms with Gasteiger partial charge in [-0.3, -0.25) is 4.79 Å². The van der Waals surface area contributed by atoms with Gasteiger partial charge >= 0.3 is 0 Å². The number of hydrogen-bond donors (Lipinski definition) is 2. The predicted octanol–water partition coefficient (Wildman–Crippen LogP) is 4.39. The number of hydrogen-bond acceptors (Lipinski definition) is 3. The Morgan fingerprint density at radius 2 is 2.05 bits per heavy atom. The van der Waals surface area contributed by atoms with E-state index in [-0.39, 0.29) is 5.91 Å². The van der Waals surface area contributed by atoms with Gasteiger partial charge in [0.25, 0.3) is 0 Å². The zero-order valence-electron chi connectivity index (χ0n) is 10.8. The van der Waals surface area contributed by atoms with Crippen molar-refractivity contribution in [1.29, 1.82) is 0 Å². The van der Waals surface area contributed by atoms with E-state index in [1.165, 1.54) is 16.7 Å². The highest BCUT2D eigenvalue weighted by atomic mass is 79.9. The topological polar surface area (TPSA) is 41.1 Å². The van der Waals surface area contributed by atoms with Crippen molar-refractivity contribution in [1.82, 2.24) is 0 Å². The number of aryl methyl sites for hydroxylation is 1. The van der Waals surface area contributed by atoms with Crippen LogP contribution >= 0.6 is 27.3 Å². The summed E-state index contributed by atoms with van der Waals surface area (Å²) in [4.78, 5) is 13.6. The molecule has 0 atom stereocenters. The average Bonchev–Trinajstić information content (AvgIpc) is 2.66. The zero-order valence-corrected chi connectivity index (χ0v) is 13.2. The Morgan fingerprint density at radius 3 is 2.68 bits per heavy atom. The van der Waals surface area contributed by atoms with Crippen molar-refractivity contribution in [3.63, 3.8) is 0 Å². The van der Waals surface area contributed by atoms with Gasteiger partial charge in [0.1, 0.15) is 0 Å². The molecule has 0 bridgehead atoms. The van der Waals surface area contributed by atoms with Crippen molar-refractivity contribution >= 4 is 44.5 Å². The van der Waals surface area contributed by atoms with Crippen LogP contribution in [0.5, 0.6) is 0 Å². The third-order valence-corrected chi connectivity index (χ3v) is 4.69. The number of carbonyl (C=O) groups is 1. The van der Waals surface area contributed by atoms with E-state index < -0.39 is 0 Å². The van der Waals surface area contributed by atoms with Crippen molar-refractivity contribution < 1.29 is 4.79 Å². The van der Waals surface area contributed by atoms with Gasteiger partial charge in [0, 0.05) is 39.1 Å². The Balaban J connectivity index is 2.01. The molecule has 2 N–H and O–H groups in total. The first-order valence-corrected chi connectivity index (χ1v) is 7.52. The number of rotatable bonds is 4. The van der Waals surface area contributed by atoms with Crippen molar-refractivity contribution in [2.45, 2.75) is 20.4 Å². The SMILES string of the molecule is CC(=O)Nc1cccc(NCc2cc(Br)c(C)s2)c1. The molecule has 1 aromatic heterocycles. The summed E-state index contributed by atoms with van der Waals surface area (Å²) in [6.07, 6.45) is 0. The number of carbonyl (C=O) groups excluding carboxylic acids is 1. The van der Waals surface area contributed by atoms with Crippen LogP contribution in [0.15, 0.2) is 34.8 Å². The van der Waals surface area contributed by atoms with Gasteiger partial charge in [-0.25, -0.2) is 0 Å². The summed E-state index contributed by atoms with van der Waals surface area (Å²) in [6.45, 7) is 4.38. The highest BCUT2D eigenvalue weighted by Crippen LogP contribution is 2.27. The summed E-state index contributed by atoms with van der Waals surface area (Å²) in [5.41, 5.74) is 1.80. The van der Waals surface area contributed by atoms with E-state index in [4.69, 9.17) is 0 Å². The van der Waals surface area contributed by atoms with Gasteiger partial charge in [-0.05, 0) is 47.1 Å². The largest absolute Gasteiger partial charge is 0.380 e. The maximum atomic E-state index is 11.0. The van der Waals surface area contributed by atoms with Gasteiger partial charge in [0.05, 0.1) is 0 Å². The van der Waals surface area contributed by atoms with Crippen molar-refractivity contribution in [2.75, 3.05) is 10.6 Å². The minimum atomic E-state index is -0.0602. The van der Waals surface area contributed by atoms with Gasteiger partial charge in [-0.1, -0.05) is 6.07 Å². The summed E-state index contributed by atoms with van der Waals surface area (Å²) in [5.74, 6) is -0.0602. The number of nitrogens with one attached hydrogen (secondary N) is 2. The van der Waals surface area contributed by atoms with Gasteiger partial charge in [0.2, 0.25) is 5.91 Å². The minimum absolute atomic E-state index is 0.0602. The molecule has 0 aliphatic heterocycles. The second kappa shape index (κ2) is 6.21. The third kappa shape index (κ3) is 4.08. The fourth-order valence-electron chi connectivity index (χ4n) is 1.70. The number of anilines is 2. The van der Waals surface area contributed by atoms with Crippen LogP contribution in [0.1, 0.15) is 16.7 Å². The summed E-state index contributed by atoms with van der Waals surface area (Å²) in [6, 6.07) is 9.84. The maximum Gasteiger partial charge on any atom is 0.221 e. The molecule has 2 rings (SSSR count). The molecule has 0 unspecified atom stereocenters. The summed E-state index contributed by atoms with van der Waals surface area (Å²) < 4.78 is 1.15. The number of thiophene rings is 1. The monoisotopic (exact) mass is 338 g/mol. The zero-order chi connectivity index (χ0) is 13.8. The average molecular weight is 339 g/mol. The van der Waals surface area contributed by atoms with Gasteiger partial charge in [-0.15, -0.1) is 11.3 Å². The van der Waals surface area contributed by atoms with Crippen LogP contribution in [0.3, 0.4) is 0 Å². The molecule has 5 heteroatoms. The summed E-state index contributed by atoms with van der Waals surface area (Å²) >= 11 is 5.29. The fourth-order valence-corrected chi connectivity index (χ4v) is 3.25. The second-order valence-electron chi connectivity index (χ2n) is 4.23. The molecular weight excluding hydrogens is 324 g/mol. The molecule has 2 aromatic rings. The van der Waals surface area contributed by atoms with Crippen LogP contribution in [-0.2, 0) is 11.3 Å². The van der Waals surface area contributed by atoms with Crippen molar-refractivity contribution in [3.05, 3.63) is 44.6 Å². The molecule has 3 nitrogen and oxygen atoms in total. The Labute approximate surface area is 125 Å². The van der Waals surface area contributed by atoms with Gasteiger partial charge in [0.15, 0.2) is 0 Å². The number of benzene rings is 1. The molecule has 0 radical (unpaired) electrons. The van der Waals surface area contributed by atoms with E-state index >= 15 is 0 Å². The number of amides is 1. The molecule has 0 spiro atoms. The molecule has 0 saturated heterocycles. The van der Waals surface area contributed by atoms with E-state index in [0.717, 1.165) is 22.4 Å². The first kappa shape index (κ1) is 14.1. The fraction of sp³-hybridized carbons (Fsp3) is 0.214. The van der Waals surface area contributed by atoms with E-state index in [9.17, 15) is 4.79 Å². The number of halogens is 1. The van der Waals surface area contributed by atoms with Crippen LogP contribution in [0.4, 0.5) is 11.4 Å². The van der Waals surface area contributed by atoms with Crippen LogP contribution in [0.25, 0.3) is 0 Å². The molecule has 100 valence electrons. The Morgan fingerprint density at radius 1 is 1.32 bits per heavy atom. The lowest BCUT2D eigenvalue weighted by molar-refractivity contribution is -0.114. The van der Waals surface area contributed by atoms with E-state index in [0.29, 0.717) is 0 Å². The second-order valence-corrected chi connectivity index (χ2v) is 6.43. The lowest BCUT2D eigenvalue weighted by Crippen LogP contribution is -2.06. The quantitative estimate of drug-likeness (QED) is 0.867. The van der Waals surface area contributed by atoms with Crippen LogP contribution in [0, 0.1) is 6.92 Å². The molecule has 1 heterocycles. The molecule has 1 amide bonds. The molecule has 1 aromatic carbocycles. The normalized spacial score (nSPS) is 10.3. The van der Waals surface area contributed by atoms with Gasteiger partial charge in [-0.2, -0.15) is 0 Å².